The summed E-state index contributed by atoms with van der Waals surface area (Å²) in [7, 11) is 0. The molecule has 0 saturated carbocycles. The van der Waals surface area contributed by atoms with Gasteiger partial charge in [-0.2, -0.15) is 0 Å². The molecule has 1 aromatic carbocycles. The highest BCUT2D eigenvalue weighted by Gasteiger charge is 2.18. The predicted octanol–water partition coefficient (Wildman–Crippen LogP) is 3.36. The van der Waals surface area contributed by atoms with Crippen molar-refractivity contribution in [1.82, 2.24) is 20.5 Å². The van der Waals surface area contributed by atoms with E-state index in [1.54, 1.807) is 22.7 Å². The molecule has 0 aliphatic rings. The second kappa shape index (κ2) is 6.21. The van der Waals surface area contributed by atoms with Crippen molar-refractivity contribution in [2.24, 2.45) is 0 Å². The summed E-state index contributed by atoms with van der Waals surface area (Å²) in [6, 6.07) is 10.4. The van der Waals surface area contributed by atoms with E-state index in [9.17, 15) is 0 Å². The zero-order valence-corrected chi connectivity index (χ0v) is 12.6. The van der Waals surface area contributed by atoms with Crippen LogP contribution in [0.25, 0.3) is 10.7 Å². The molecule has 2 aromatic heterocycles. The molecule has 3 aromatic rings. The van der Waals surface area contributed by atoms with E-state index in [0.717, 1.165) is 22.3 Å². The van der Waals surface area contributed by atoms with Gasteiger partial charge in [0.15, 0.2) is 5.01 Å². The van der Waals surface area contributed by atoms with Gasteiger partial charge in [-0.15, -0.1) is 21.5 Å². The molecular formula is C14H14N4S2. The standard InChI is InChI=1S/C14H14N4S2/c1-2-15-12(10-6-4-3-5-7-10)14-18-17-13(20-14)11-8-19-9-16-11/h3-9,12,15H,2H2,1H3. The van der Waals surface area contributed by atoms with Crippen molar-refractivity contribution in [3.05, 3.63) is 51.8 Å². The summed E-state index contributed by atoms with van der Waals surface area (Å²) in [6.07, 6.45) is 0. The molecule has 20 heavy (non-hydrogen) atoms. The second-order valence-corrected chi connectivity index (χ2v) is 5.95. The van der Waals surface area contributed by atoms with Crippen LogP contribution < -0.4 is 5.32 Å². The molecule has 0 spiro atoms. The van der Waals surface area contributed by atoms with Gasteiger partial charge in [0.2, 0.25) is 0 Å². The zero-order chi connectivity index (χ0) is 13.8. The van der Waals surface area contributed by atoms with E-state index in [1.165, 1.54) is 5.56 Å². The number of hydrogen-bond donors (Lipinski definition) is 1. The third-order valence-corrected chi connectivity index (χ3v) is 4.48. The van der Waals surface area contributed by atoms with Gasteiger partial charge in [-0.05, 0) is 12.1 Å². The van der Waals surface area contributed by atoms with Crippen LogP contribution in [0.3, 0.4) is 0 Å². The molecule has 0 saturated heterocycles. The number of aromatic nitrogens is 3. The van der Waals surface area contributed by atoms with Gasteiger partial charge in [-0.25, -0.2) is 4.98 Å². The monoisotopic (exact) mass is 302 g/mol. The molecule has 6 heteroatoms. The maximum atomic E-state index is 4.34. The molecule has 2 heterocycles. The van der Waals surface area contributed by atoms with Crippen LogP contribution in [-0.4, -0.2) is 21.7 Å². The van der Waals surface area contributed by atoms with Crippen LogP contribution in [0.4, 0.5) is 0 Å². The zero-order valence-electron chi connectivity index (χ0n) is 11.0. The Balaban J connectivity index is 1.92. The fourth-order valence-corrected chi connectivity index (χ4v) is 3.50. The lowest BCUT2D eigenvalue weighted by atomic mass is 10.1. The first-order valence-electron chi connectivity index (χ1n) is 6.38. The van der Waals surface area contributed by atoms with Crippen LogP contribution in [0.1, 0.15) is 23.5 Å². The van der Waals surface area contributed by atoms with Crippen LogP contribution in [0.2, 0.25) is 0 Å². The molecule has 0 aliphatic carbocycles. The summed E-state index contributed by atoms with van der Waals surface area (Å²) in [5, 5.41) is 15.9. The van der Waals surface area contributed by atoms with Crippen LogP contribution in [0.15, 0.2) is 41.2 Å². The van der Waals surface area contributed by atoms with Gasteiger partial charge in [-0.3, -0.25) is 0 Å². The third-order valence-electron chi connectivity index (χ3n) is 2.88. The molecule has 1 unspecified atom stereocenters. The average Bonchev–Trinajstić information content (AvgIpc) is 3.16. The van der Waals surface area contributed by atoms with Crippen molar-refractivity contribution in [2.75, 3.05) is 6.54 Å². The lowest BCUT2D eigenvalue weighted by Crippen LogP contribution is -2.21. The Morgan fingerprint density at radius 2 is 2.05 bits per heavy atom. The van der Waals surface area contributed by atoms with Gasteiger partial charge >= 0.3 is 0 Å². The fourth-order valence-electron chi connectivity index (χ4n) is 1.97. The Hall–Kier alpha value is -1.63. The molecule has 3 rings (SSSR count). The number of rotatable bonds is 5. The topological polar surface area (TPSA) is 50.7 Å². The Bertz CT molecular complexity index is 649. The summed E-state index contributed by atoms with van der Waals surface area (Å²) in [5.41, 5.74) is 3.92. The maximum Gasteiger partial charge on any atom is 0.167 e. The number of benzene rings is 1. The highest BCUT2D eigenvalue weighted by molar-refractivity contribution is 7.15. The van der Waals surface area contributed by atoms with Gasteiger partial charge in [-0.1, -0.05) is 48.6 Å². The van der Waals surface area contributed by atoms with Crippen molar-refractivity contribution in [1.29, 1.82) is 0 Å². The first-order valence-corrected chi connectivity index (χ1v) is 8.14. The molecule has 0 aliphatic heterocycles. The minimum absolute atomic E-state index is 0.0890. The normalized spacial score (nSPS) is 12.4. The third kappa shape index (κ3) is 2.77. The summed E-state index contributed by atoms with van der Waals surface area (Å²) in [5.74, 6) is 0. The largest absolute Gasteiger partial charge is 0.304 e. The quantitative estimate of drug-likeness (QED) is 0.785. The SMILES string of the molecule is CCNC(c1ccccc1)c1nnc(-c2cscn2)s1. The van der Waals surface area contributed by atoms with Gasteiger partial charge in [0.1, 0.15) is 10.7 Å². The highest BCUT2D eigenvalue weighted by atomic mass is 32.1. The van der Waals surface area contributed by atoms with Crippen LogP contribution in [0, 0.1) is 0 Å². The van der Waals surface area contributed by atoms with E-state index < -0.39 is 0 Å². The van der Waals surface area contributed by atoms with E-state index in [0.29, 0.717) is 0 Å². The van der Waals surface area contributed by atoms with E-state index >= 15 is 0 Å². The highest BCUT2D eigenvalue weighted by Crippen LogP contribution is 2.29. The van der Waals surface area contributed by atoms with Crippen molar-refractivity contribution < 1.29 is 0 Å². The lowest BCUT2D eigenvalue weighted by molar-refractivity contribution is 0.621. The second-order valence-electron chi connectivity index (χ2n) is 4.22. The lowest BCUT2D eigenvalue weighted by Gasteiger charge is -2.14. The van der Waals surface area contributed by atoms with Gasteiger partial charge in [0.25, 0.3) is 0 Å². The molecule has 4 nitrogen and oxygen atoms in total. The number of thiazole rings is 1. The molecular weight excluding hydrogens is 288 g/mol. The number of nitrogens with zero attached hydrogens (tertiary/aromatic N) is 3. The number of hydrogen-bond acceptors (Lipinski definition) is 6. The van der Waals surface area contributed by atoms with Gasteiger partial charge in [0, 0.05) is 5.38 Å². The molecule has 102 valence electrons. The first-order chi connectivity index (χ1) is 9.88. The minimum Gasteiger partial charge on any atom is -0.304 e. The van der Waals surface area contributed by atoms with Crippen LogP contribution >= 0.6 is 22.7 Å². The molecule has 0 fully saturated rings. The van der Waals surface area contributed by atoms with Crippen molar-refractivity contribution in [2.45, 2.75) is 13.0 Å². The average molecular weight is 302 g/mol. The van der Waals surface area contributed by atoms with E-state index in [4.69, 9.17) is 0 Å². The van der Waals surface area contributed by atoms with Crippen molar-refractivity contribution in [3.63, 3.8) is 0 Å². The summed E-state index contributed by atoms with van der Waals surface area (Å²) in [6.45, 7) is 2.98. The van der Waals surface area contributed by atoms with E-state index in [1.807, 2.05) is 29.1 Å². The van der Waals surface area contributed by atoms with Gasteiger partial charge in [0.05, 0.1) is 11.6 Å². The van der Waals surface area contributed by atoms with E-state index in [-0.39, 0.29) is 6.04 Å². The summed E-state index contributed by atoms with van der Waals surface area (Å²) < 4.78 is 0. The van der Waals surface area contributed by atoms with Crippen LogP contribution in [-0.2, 0) is 0 Å². The molecule has 1 atom stereocenters. The fraction of sp³-hybridized carbons (Fsp3) is 0.214. The summed E-state index contributed by atoms with van der Waals surface area (Å²) >= 11 is 3.16. The Morgan fingerprint density at radius 3 is 2.75 bits per heavy atom. The van der Waals surface area contributed by atoms with Crippen molar-refractivity contribution >= 4 is 22.7 Å². The molecule has 0 amide bonds. The first kappa shape index (κ1) is 13.4. The Labute approximate surface area is 125 Å². The van der Waals surface area contributed by atoms with E-state index in [2.05, 4.69) is 39.6 Å². The minimum atomic E-state index is 0.0890. The Morgan fingerprint density at radius 1 is 1.20 bits per heavy atom. The maximum absolute atomic E-state index is 4.34. The predicted molar refractivity (Wildman–Crippen MR) is 83.0 cm³/mol. The van der Waals surface area contributed by atoms with Crippen LogP contribution in [0.5, 0.6) is 0 Å². The summed E-state index contributed by atoms with van der Waals surface area (Å²) in [4.78, 5) is 4.28. The molecule has 1 N–H and O–H groups in total. The Kier molecular flexibility index (Phi) is 4.15. The number of nitrogens with one attached hydrogen (secondary N) is 1. The molecule has 0 radical (unpaired) electrons. The van der Waals surface area contributed by atoms with Gasteiger partial charge < -0.3 is 5.32 Å². The smallest absolute Gasteiger partial charge is 0.167 e. The molecule has 0 bridgehead atoms. The van der Waals surface area contributed by atoms with Crippen molar-refractivity contribution in [3.8, 4) is 10.7 Å².